The van der Waals surface area contributed by atoms with E-state index < -0.39 is 0 Å². The van der Waals surface area contributed by atoms with Gasteiger partial charge in [0.1, 0.15) is 0 Å². The monoisotopic (exact) mass is 265 g/mol. The molecule has 1 heterocycles. The molecule has 0 radical (unpaired) electrons. The lowest BCUT2D eigenvalue weighted by Crippen LogP contribution is -2.20. The summed E-state index contributed by atoms with van der Waals surface area (Å²) in [6.45, 7) is 4.92. The van der Waals surface area contributed by atoms with Gasteiger partial charge in [0.25, 0.3) is 0 Å². The first-order valence-electron chi connectivity index (χ1n) is 7.57. The molecule has 1 aromatic rings. The van der Waals surface area contributed by atoms with Crippen LogP contribution < -0.4 is 5.32 Å². The van der Waals surface area contributed by atoms with E-state index in [1.165, 1.54) is 43.4 Å². The number of hydrogen-bond donors (Lipinski definition) is 1. The van der Waals surface area contributed by atoms with E-state index in [4.69, 9.17) is 4.74 Å². The minimum absolute atomic E-state index is 0.536. The second-order valence-corrected chi connectivity index (χ2v) is 5.54. The number of rotatable bonds is 7. The SMILES string of the molecule is Cc1c(CNCCCOC2CCCCC2)cnn1C. The topological polar surface area (TPSA) is 39.1 Å². The molecule has 1 aromatic heterocycles. The van der Waals surface area contributed by atoms with Gasteiger partial charge in [-0.2, -0.15) is 5.10 Å². The van der Waals surface area contributed by atoms with Gasteiger partial charge < -0.3 is 10.1 Å². The summed E-state index contributed by atoms with van der Waals surface area (Å²) in [5, 5.41) is 7.70. The molecule has 1 N–H and O–H groups in total. The molecule has 1 aliphatic rings. The van der Waals surface area contributed by atoms with E-state index in [1.54, 1.807) is 0 Å². The molecule has 4 nitrogen and oxygen atoms in total. The van der Waals surface area contributed by atoms with E-state index in [0.717, 1.165) is 26.1 Å². The van der Waals surface area contributed by atoms with Crippen molar-refractivity contribution in [1.29, 1.82) is 0 Å². The van der Waals surface area contributed by atoms with Gasteiger partial charge in [0, 0.05) is 31.5 Å². The predicted molar refractivity (Wildman–Crippen MR) is 77.1 cm³/mol. The average Bonchev–Trinajstić information content (AvgIpc) is 2.75. The van der Waals surface area contributed by atoms with Gasteiger partial charge in [0.2, 0.25) is 0 Å². The molecule has 108 valence electrons. The highest BCUT2D eigenvalue weighted by Crippen LogP contribution is 2.20. The Hall–Kier alpha value is -0.870. The van der Waals surface area contributed by atoms with Crippen molar-refractivity contribution >= 4 is 0 Å². The van der Waals surface area contributed by atoms with Crippen LogP contribution >= 0.6 is 0 Å². The summed E-state index contributed by atoms with van der Waals surface area (Å²) in [4.78, 5) is 0. The Balaban J connectivity index is 1.51. The molecule has 0 amide bonds. The summed E-state index contributed by atoms with van der Waals surface area (Å²) in [5.74, 6) is 0. The maximum atomic E-state index is 5.91. The van der Waals surface area contributed by atoms with Crippen molar-refractivity contribution in [2.24, 2.45) is 7.05 Å². The third kappa shape index (κ3) is 4.62. The Kier molecular flexibility index (Phi) is 5.86. The fourth-order valence-corrected chi connectivity index (χ4v) is 2.62. The van der Waals surface area contributed by atoms with Crippen molar-refractivity contribution in [2.75, 3.05) is 13.2 Å². The molecular formula is C15H27N3O. The molecule has 0 aromatic carbocycles. The maximum Gasteiger partial charge on any atom is 0.0575 e. The van der Waals surface area contributed by atoms with Crippen molar-refractivity contribution in [2.45, 2.75) is 58.1 Å². The van der Waals surface area contributed by atoms with Gasteiger partial charge in [0.15, 0.2) is 0 Å². The van der Waals surface area contributed by atoms with E-state index in [-0.39, 0.29) is 0 Å². The Labute approximate surface area is 116 Å². The summed E-state index contributed by atoms with van der Waals surface area (Å²) in [6, 6.07) is 0. The van der Waals surface area contributed by atoms with Crippen molar-refractivity contribution in [3.63, 3.8) is 0 Å². The first-order chi connectivity index (χ1) is 9.27. The summed E-state index contributed by atoms with van der Waals surface area (Å²) < 4.78 is 7.83. The molecule has 1 fully saturated rings. The smallest absolute Gasteiger partial charge is 0.0575 e. The second-order valence-electron chi connectivity index (χ2n) is 5.54. The van der Waals surface area contributed by atoms with E-state index in [9.17, 15) is 0 Å². The lowest BCUT2D eigenvalue weighted by Gasteiger charge is -2.21. The third-order valence-electron chi connectivity index (χ3n) is 4.06. The molecule has 19 heavy (non-hydrogen) atoms. The zero-order valence-corrected chi connectivity index (χ0v) is 12.3. The lowest BCUT2D eigenvalue weighted by molar-refractivity contribution is 0.0273. The van der Waals surface area contributed by atoms with Crippen LogP contribution in [-0.2, 0) is 18.3 Å². The summed E-state index contributed by atoms with van der Waals surface area (Å²) in [5.41, 5.74) is 2.53. The predicted octanol–water partition coefficient (Wildman–Crippen LogP) is 2.56. The first kappa shape index (κ1) is 14.5. The number of nitrogens with one attached hydrogen (secondary N) is 1. The van der Waals surface area contributed by atoms with Gasteiger partial charge in [-0.3, -0.25) is 4.68 Å². The van der Waals surface area contributed by atoms with Crippen LogP contribution in [0.1, 0.15) is 49.8 Å². The highest BCUT2D eigenvalue weighted by atomic mass is 16.5. The van der Waals surface area contributed by atoms with Gasteiger partial charge in [-0.1, -0.05) is 19.3 Å². The largest absolute Gasteiger partial charge is 0.378 e. The van der Waals surface area contributed by atoms with Gasteiger partial charge in [-0.05, 0) is 32.7 Å². The summed E-state index contributed by atoms with van der Waals surface area (Å²) >= 11 is 0. The van der Waals surface area contributed by atoms with Crippen LogP contribution in [0.25, 0.3) is 0 Å². The van der Waals surface area contributed by atoms with Crippen LogP contribution in [0.3, 0.4) is 0 Å². The number of ether oxygens (including phenoxy) is 1. The molecule has 0 unspecified atom stereocenters. The van der Waals surface area contributed by atoms with Crippen LogP contribution in [0.15, 0.2) is 6.20 Å². The van der Waals surface area contributed by atoms with Crippen LogP contribution in [-0.4, -0.2) is 29.0 Å². The first-order valence-corrected chi connectivity index (χ1v) is 7.57. The summed E-state index contributed by atoms with van der Waals surface area (Å²) in [6.07, 6.45) is 10.2. The molecule has 1 saturated carbocycles. The van der Waals surface area contributed by atoms with E-state index in [1.807, 2.05) is 17.9 Å². The van der Waals surface area contributed by atoms with Crippen LogP contribution in [0.5, 0.6) is 0 Å². The van der Waals surface area contributed by atoms with Crippen LogP contribution in [0, 0.1) is 6.92 Å². The third-order valence-corrected chi connectivity index (χ3v) is 4.06. The number of aryl methyl sites for hydroxylation is 1. The highest BCUT2D eigenvalue weighted by molar-refractivity contribution is 5.15. The Morgan fingerprint density at radius 2 is 2.16 bits per heavy atom. The Morgan fingerprint density at radius 3 is 2.84 bits per heavy atom. The zero-order valence-electron chi connectivity index (χ0n) is 12.3. The van der Waals surface area contributed by atoms with Crippen molar-refractivity contribution in [3.8, 4) is 0 Å². The fraction of sp³-hybridized carbons (Fsp3) is 0.800. The molecule has 0 saturated heterocycles. The molecular weight excluding hydrogens is 238 g/mol. The Morgan fingerprint density at radius 1 is 1.37 bits per heavy atom. The van der Waals surface area contributed by atoms with Crippen LogP contribution in [0.4, 0.5) is 0 Å². The molecule has 0 spiro atoms. The highest BCUT2D eigenvalue weighted by Gasteiger charge is 2.12. The molecule has 0 bridgehead atoms. The molecule has 2 rings (SSSR count). The van der Waals surface area contributed by atoms with Crippen molar-refractivity contribution in [1.82, 2.24) is 15.1 Å². The van der Waals surface area contributed by atoms with E-state index in [0.29, 0.717) is 6.10 Å². The normalized spacial score (nSPS) is 16.9. The lowest BCUT2D eigenvalue weighted by atomic mass is 9.98. The van der Waals surface area contributed by atoms with Crippen molar-refractivity contribution < 1.29 is 4.74 Å². The minimum Gasteiger partial charge on any atom is -0.378 e. The van der Waals surface area contributed by atoms with Gasteiger partial charge in [0.05, 0.1) is 12.3 Å². The van der Waals surface area contributed by atoms with Gasteiger partial charge in [-0.15, -0.1) is 0 Å². The minimum atomic E-state index is 0.536. The molecule has 0 aliphatic heterocycles. The second kappa shape index (κ2) is 7.65. The van der Waals surface area contributed by atoms with Crippen molar-refractivity contribution in [3.05, 3.63) is 17.5 Å². The quantitative estimate of drug-likeness (QED) is 0.770. The van der Waals surface area contributed by atoms with E-state index in [2.05, 4.69) is 17.3 Å². The maximum absolute atomic E-state index is 5.91. The zero-order chi connectivity index (χ0) is 13.5. The number of aromatic nitrogens is 2. The van der Waals surface area contributed by atoms with E-state index >= 15 is 0 Å². The number of hydrogen-bond acceptors (Lipinski definition) is 3. The average molecular weight is 265 g/mol. The van der Waals surface area contributed by atoms with Gasteiger partial charge >= 0.3 is 0 Å². The molecule has 1 aliphatic carbocycles. The summed E-state index contributed by atoms with van der Waals surface area (Å²) in [7, 11) is 1.98. The standard InChI is InChI=1S/C15H27N3O/c1-13-14(12-17-18(13)2)11-16-9-6-10-19-15-7-4-3-5-8-15/h12,15-16H,3-11H2,1-2H3. The number of nitrogens with zero attached hydrogens (tertiary/aromatic N) is 2. The Bertz CT molecular complexity index is 369. The molecule has 0 atom stereocenters. The fourth-order valence-electron chi connectivity index (χ4n) is 2.62. The van der Waals surface area contributed by atoms with Gasteiger partial charge in [-0.25, -0.2) is 0 Å². The van der Waals surface area contributed by atoms with Crippen LogP contribution in [0.2, 0.25) is 0 Å². The molecule has 4 heteroatoms.